The molecular weight excluding hydrogens is 196 g/mol. The average Bonchev–Trinajstić information content (AvgIpc) is 2.34. The highest BCUT2D eigenvalue weighted by Crippen LogP contribution is 2.12. The first-order chi connectivity index (χ1) is 5.66. The van der Waals surface area contributed by atoms with E-state index in [-0.39, 0.29) is 18.2 Å². The van der Waals surface area contributed by atoms with Gasteiger partial charge in [-0.05, 0) is 4.92 Å². The summed E-state index contributed by atoms with van der Waals surface area (Å²) in [5, 5.41) is 10.4. The van der Waals surface area contributed by atoms with Crippen molar-refractivity contribution >= 4 is 18.2 Å². The van der Waals surface area contributed by atoms with Crippen LogP contribution in [0.25, 0.3) is 0 Å². The molecule has 1 aromatic heterocycles. The first kappa shape index (κ1) is 11.9. The quantitative estimate of drug-likeness (QED) is 0.576. The molecule has 1 aromatic rings. The van der Waals surface area contributed by atoms with Gasteiger partial charge in [0.15, 0.2) is 5.82 Å². The summed E-state index contributed by atoms with van der Waals surface area (Å²) in [4.78, 5) is 13.8. The summed E-state index contributed by atoms with van der Waals surface area (Å²) in [6, 6.07) is 0. The van der Waals surface area contributed by atoms with Gasteiger partial charge in [-0.2, -0.15) is 0 Å². The highest BCUT2D eigenvalue weighted by molar-refractivity contribution is 5.85. The molecule has 0 saturated heterocycles. The fraction of sp³-hybridized carbons (Fsp3) is 0.500. The molecule has 2 N–H and O–H groups in total. The number of nitrogens with two attached hydrogens (primary N) is 1. The molecule has 74 valence electrons. The van der Waals surface area contributed by atoms with E-state index in [9.17, 15) is 10.1 Å². The van der Waals surface area contributed by atoms with E-state index >= 15 is 0 Å². The molecule has 0 amide bonds. The van der Waals surface area contributed by atoms with Crippen LogP contribution in [0.3, 0.4) is 0 Å². The standard InChI is InChI=1S/C6H10N4O2.ClH/c1-5-8-4-6(10(11)12)9(5)3-2-7;/h4H,2-3,7H2,1H3;1H. The molecule has 0 aliphatic rings. The van der Waals surface area contributed by atoms with E-state index in [1.165, 1.54) is 10.8 Å². The van der Waals surface area contributed by atoms with Gasteiger partial charge < -0.3 is 15.8 Å². The van der Waals surface area contributed by atoms with Gasteiger partial charge in [-0.25, -0.2) is 9.55 Å². The molecule has 0 atom stereocenters. The van der Waals surface area contributed by atoms with Gasteiger partial charge in [-0.15, -0.1) is 12.4 Å². The minimum atomic E-state index is -0.463. The van der Waals surface area contributed by atoms with Gasteiger partial charge in [-0.1, -0.05) is 0 Å². The third-order valence-electron chi connectivity index (χ3n) is 1.57. The van der Waals surface area contributed by atoms with Crippen molar-refractivity contribution in [3.63, 3.8) is 0 Å². The van der Waals surface area contributed by atoms with Crippen molar-refractivity contribution in [1.82, 2.24) is 9.55 Å². The SMILES string of the molecule is Cc1ncc([N+](=O)[O-])n1CCN.Cl. The van der Waals surface area contributed by atoms with E-state index in [4.69, 9.17) is 5.73 Å². The summed E-state index contributed by atoms with van der Waals surface area (Å²) in [6.45, 7) is 2.52. The van der Waals surface area contributed by atoms with Crippen LogP contribution in [0.15, 0.2) is 6.20 Å². The largest absolute Gasteiger partial charge is 0.358 e. The lowest BCUT2D eigenvalue weighted by atomic mass is 10.5. The van der Waals surface area contributed by atoms with Gasteiger partial charge in [-0.3, -0.25) is 0 Å². The lowest BCUT2D eigenvalue weighted by Gasteiger charge is -1.99. The van der Waals surface area contributed by atoms with Crippen LogP contribution >= 0.6 is 12.4 Å². The van der Waals surface area contributed by atoms with Crippen molar-refractivity contribution in [3.05, 3.63) is 22.1 Å². The topological polar surface area (TPSA) is 87.0 Å². The van der Waals surface area contributed by atoms with Gasteiger partial charge in [0.05, 0.1) is 0 Å². The number of nitrogens with zero attached hydrogens (tertiary/aromatic N) is 3. The van der Waals surface area contributed by atoms with Crippen molar-refractivity contribution in [1.29, 1.82) is 0 Å². The van der Waals surface area contributed by atoms with Gasteiger partial charge in [0.2, 0.25) is 0 Å². The van der Waals surface area contributed by atoms with Gasteiger partial charge in [0.25, 0.3) is 0 Å². The molecule has 0 radical (unpaired) electrons. The molecule has 0 spiro atoms. The Morgan fingerprint density at radius 1 is 1.77 bits per heavy atom. The predicted molar refractivity (Wildman–Crippen MR) is 49.9 cm³/mol. The number of imidazole rings is 1. The number of aromatic nitrogens is 2. The van der Waals surface area contributed by atoms with E-state index in [1.54, 1.807) is 6.92 Å². The van der Waals surface area contributed by atoms with Crippen LogP contribution in [0.2, 0.25) is 0 Å². The maximum atomic E-state index is 10.4. The van der Waals surface area contributed by atoms with Crippen molar-refractivity contribution < 1.29 is 4.92 Å². The number of nitro groups is 1. The van der Waals surface area contributed by atoms with Crippen LogP contribution in [-0.2, 0) is 6.54 Å². The Balaban J connectivity index is 0.00000144. The first-order valence-corrected chi connectivity index (χ1v) is 3.53. The second kappa shape index (κ2) is 4.78. The fourth-order valence-corrected chi connectivity index (χ4v) is 1.01. The lowest BCUT2D eigenvalue weighted by Crippen LogP contribution is -2.12. The van der Waals surface area contributed by atoms with E-state index < -0.39 is 4.92 Å². The Morgan fingerprint density at radius 2 is 2.38 bits per heavy atom. The van der Waals surface area contributed by atoms with E-state index in [0.717, 1.165) is 0 Å². The minimum Gasteiger partial charge on any atom is -0.358 e. The zero-order chi connectivity index (χ0) is 9.14. The second-order valence-corrected chi connectivity index (χ2v) is 2.36. The van der Waals surface area contributed by atoms with Gasteiger partial charge >= 0.3 is 5.82 Å². The fourth-order valence-electron chi connectivity index (χ4n) is 1.01. The third-order valence-corrected chi connectivity index (χ3v) is 1.57. The average molecular weight is 207 g/mol. The molecule has 0 bridgehead atoms. The number of aryl methyl sites for hydroxylation is 1. The molecule has 1 rings (SSSR count). The molecule has 0 unspecified atom stereocenters. The maximum absolute atomic E-state index is 10.4. The summed E-state index contributed by atoms with van der Waals surface area (Å²) in [5.74, 6) is 0.616. The smallest absolute Gasteiger partial charge is 0.342 e. The van der Waals surface area contributed by atoms with Crippen LogP contribution in [0.4, 0.5) is 5.82 Å². The van der Waals surface area contributed by atoms with E-state index in [1.807, 2.05) is 0 Å². The van der Waals surface area contributed by atoms with Crippen LogP contribution < -0.4 is 5.73 Å². The van der Waals surface area contributed by atoms with Crippen LogP contribution in [0.1, 0.15) is 5.82 Å². The third kappa shape index (κ3) is 2.40. The Hall–Kier alpha value is -1.14. The number of hydrogen-bond acceptors (Lipinski definition) is 4. The Labute approximate surface area is 81.3 Å². The van der Waals surface area contributed by atoms with Crippen LogP contribution in [0, 0.1) is 17.0 Å². The molecular formula is C6H11ClN4O2. The van der Waals surface area contributed by atoms with Crippen molar-refractivity contribution in [2.24, 2.45) is 5.73 Å². The summed E-state index contributed by atoms with van der Waals surface area (Å²) in [5.41, 5.74) is 5.29. The van der Waals surface area contributed by atoms with E-state index in [0.29, 0.717) is 18.9 Å². The Morgan fingerprint density at radius 3 is 2.85 bits per heavy atom. The van der Waals surface area contributed by atoms with Crippen molar-refractivity contribution in [2.75, 3.05) is 6.54 Å². The zero-order valence-corrected chi connectivity index (χ0v) is 7.95. The molecule has 0 fully saturated rings. The van der Waals surface area contributed by atoms with Crippen molar-refractivity contribution in [2.45, 2.75) is 13.5 Å². The predicted octanol–water partition coefficient (Wildman–Crippen LogP) is 0.480. The van der Waals surface area contributed by atoms with Crippen molar-refractivity contribution in [3.8, 4) is 0 Å². The first-order valence-electron chi connectivity index (χ1n) is 3.53. The Kier molecular flexibility index (Phi) is 4.36. The van der Waals surface area contributed by atoms with Crippen LogP contribution in [0.5, 0.6) is 0 Å². The molecule has 7 heteroatoms. The number of halogens is 1. The highest BCUT2D eigenvalue weighted by Gasteiger charge is 2.15. The molecule has 13 heavy (non-hydrogen) atoms. The summed E-state index contributed by atoms with van der Waals surface area (Å²) in [7, 11) is 0. The van der Waals surface area contributed by atoms with Crippen LogP contribution in [-0.4, -0.2) is 21.0 Å². The monoisotopic (exact) mass is 206 g/mol. The number of rotatable bonds is 3. The van der Waals surface area contributed by atoms with Gasteiger partial charge in [0, 0.05) is 13.5 Å². The Bertz CT molecular complexity index is 299. The maximum Gasteiger partial charge on any atom is 0.342 e. The zero-order valence-electron chi connectivity index (χ0n) is 7.14. The van der Waals surface area contributed by atoms with E-state index in [2.05, 4.69) is 4.98 Å². The molecule has 0 aliphatic carbocycles. The number of hydrogen-bond donors (Lipinski definition) is 1. The second-order valence-electron chi connectivity index (χ2n) is 2.36. The summed E-state index contributed by atoms with van der Waals surface area (Å²) >= 11 is 0. The molecule has 0 saturated carbocycles. The molecule has 6 nitrogen and oxygen atoms in total. The highest BCUT2D eigenvalue weighted by atomic mass is 35.5. The summed E-state index contributed by atoms with van der Waals surface area (Å²) < 4.78 is 1.49. The summed E-state index contributed by atoms with van der Waals surface area (Å²) in [6.07, 6.45) is 1.24. The molecule has 0 aromatic carbocycles. The van der Waals surface area contributed by atoms with Gasteiger partial charge in [0.1, 0.15) is 12.7 Å². The molecule has 1 heterocycles. The normalized spacial score (nSPS) is 9.38. The minimum absolute atomic E-state index is 0. The lowest BCUT2D eigenvalue weighted by molar-refractivity contribution is -0.392. The molecule has 0 aliphatic heterocycles.